The van der Waals surface area contributed by atoms with E-state index < -0.39 is 23.2 Å². The fraction of sp³-hybridized carbons (Fsp3) is 0.810. The van der Waals surface area contributed by atoms with Crippen LogP contribution in [0.5, 0.6) is 0 Å². The zero-order valence-electron chi connectivity index (χ0n) is 16.8. The van der Waals surface area contributed by atoms with Crippen molar-refractivity contribution in [2.24, 2.45) is 33.7 Å². The molecule has 152 valence electrons. The van der Waals surface area contributed by atoms with E-state index in [9.17, 15) is 25.3 Å². The van der Waals surface area contributed by atoms with Crippen molar-refractivity contribution in [2.45, 2.75) is 77.0 Å². The van der Waals surface area contributed by atoms with Crippen molar-refractivity contribution >= 4 is 11.6 Å². The number of nitrogens with zero attached hydrogens (tertiary/aromatic N) is 3. The third-order valence-corrected chi connectivity index (χ3v) is 8.97. The molecule has 8 atom stereocenters. The first-order valence-corrected chi connectivity index (χ1v) is 10.3. The van der Waals surface area contributed by atoms with Crippen LogP contribution in [0, 0.1) is 28.6 Å². The van der Waals surface area contributed by atoms with Crippen LogP contribution in [0.1, 0.15) is 59.3 Å². The summed E-state index contributed by atoms with van der Waals surface area (Å²) in [6.07, 6.45) is 4.28. The molecule has 28 heavy (non-hydrogen) atoms. The van der Waals surface area contributed by atoms with Crippen molar-refractivity contribution in [1.82, 2.24) is 0 Å². The quantitative estimate of drug-likeness (QED) is 0.429. The lowest BCUT2D eigenvalue weighted by atomic mass is 9.44. The minimum absolute atomic E-state index is 0.0112. The molecule has 0 saturated heterocycles. The Hall–Kier alpha value is -1.69. The van der Waals surface area contributed by atoms with Gasteiger partial charge in [0.15, 0.2) is 11.6 Å². The molecule has 4 aliphatic carbocycles. The molecular formula is C21H29N3O4. The topological polar surface area (TPSA) is 123 Å². The number of hydrogen-bond donors (Lipinski definition) is 2. The summed E-state index contributed by atoms with van der Waals surface area (Å²) in [7, 11) is 0. The van der Waals surface area contributed by atoms with Gasteiger partial charge in [0.1, 0.15) is 5.60 Å². The van der Waals surface area contributed by atoms with E-state index in [0.717, 1.165) is 6.42 Å². The summed E-state index contributed by atoms with van der Waals surface area (Å²) in [5, 5.41) is 26.4. The van der Waals surface area contributed by atoms with Crippen molar-refractivity contribution in [3.63, 3.8) is 0 Å². The van der Waals surface area contributed by atoms with Crippen LogP contribution >= 0.6 is 0 Å². The van der Waals surface area contributed by atoms with Crippen LogP contribution < -0.4 is 0 Å². The van der Waals surface area contributed by atoms with Gasteiger partial charge in [-0.2, -0.15) is 0 Å². The molecule has 3 saturated carbocycles. The highest BCUT2D eigenvalue weighted by Gasteiger charge is 2.68. The lowest BCUT2D eigenvalue weighted by Crippen LogP contribution is -2.62. The van der Waals surface area contributed by atoms with Crippen LogP contribution in [0.15, 0.2) is 16.8 Å². The standard InChI is InChI=1S/C21H29N3O4/c1-11(25)21(28)9-6-14-16-13(5-8-20(14,21)3)19(2)7-4-12(26)10-15(19)18(27)17(16)23-24-22/h10,13-14,16-18,27-28H,4-9H2,1-3H3/t13-,14-,16+,17?,18?,19+,20-,21-/m0/s1. The van der Waals surface area contributed by atoms with Gasteiger partial charge in [0.25, 0.3) is 0 Å². The number of carbonyl (C=O) groups is 2. The first-order chi connectivity index (χ1) is 13.1. The highest BCUT2D eigenvalue weighted by Crippen LogP contribution is 2.68. The molecule has 2 unspecified atom stereocenters. The van der Waals surface area contributed by atoms with Gasteiger partial charge >= 0.3 is 0 Å². The van der Waals surface area contributed by atoms with E-state index in [-0.39, 0.29) is 34.7 Å². The maximum Gasteiger partial charge on any atom is 0.161 e. The lowest BCUT2D eigenvalue weighted by molar-refractivity contribution is -0.164. The molecule has 0 aromatic heterocycles. The van der Waals surface area contributed by atoms with Crippen LogP contribution in [0.3, 0.4) is 0 Å². The van der Waals surface area contributed by atoms with Gasteiger partial charge in [0.05, 0.1) is 12.1 Å². The van der Waals surface area contributed by atoms with Gasteiger partial charge in [0.2, 0.25) is 0 Å². The maximum atomic E-state index is 12.4. The van der Waals surface area contributed by atoms with Gasteiger partial charge in [0, 0.05) is 16.7 Å². The Morgan fingerprint density at radius 3 is 2.57 bits per heavy atom. The second-order valence-corrected chi connectivity index (χ2v) is 9.83. The molecule has 0 spiro atoms. The SMILES string of the molecule is CC(=O)[C@@]1(O)CC[C@H]2[C@@H]3C(N=[N+]=[N-])C(O)C4=CC(=O)CC[C@]4(C)[C@H]3CC[C@@]21C. The van der Waals surface area contributed by atoms with Crippen LogP contribution in [-0.4, -0.2) is 39.5 Å². The molecule has 0 aliphatic heterocycles. The number of hydrogen-bond acceptors (Lipinski definition) is 5. The van der Waals surface area contributed by atoms with Gasteiger partial charge in [-0.15, -0.1) is 0 Å². The molecule has 0 heterocycles. The molecule has 0 radical (unpaired) electrons. The number of ketones is 2. The normalized spacial score (nSPS) is 50.0. The molecule has 7 nitrogen and oxygen atoms in total. The molecule has 0 amide bonds. The molecule has 0 aromatic rings. The summed E-state index contributed by atoms with van der Waals surface area (Å²) in [5.41, 5.74) is 7.61. The van der Waals surface area contributed by atoms with Crippen LogP contribution in [0.4, 0.5) is 0 Å². The summed E-state index contributed by atoms with van der Waals surface area (Å²) in [5.74, 6) is -0.173. The van der Waals surface area contributed by atoms with Crippen LogP contribution in [0.2, 0.25) is 0 Å². The van der Waals surface area contributed by atoms with Crippen molar-refractivity contribution in [1.29, 1.82) is 0 Å². The number of rotatable bonds is 2. The Kier molecular flexibility index (Phi) is 4.31. The second-order valence-electron chi connectivity index (χ2n) is 9.83. The van der Waals surface area contributed by atoms with E-state index in [4.69, 9.17) is 0 Å². The van der Waals surface area contributed by atoms with Crippen LogP contribution in [-0.2, 0) is 9.59 Å². The molecule has 0 bridgehead atoms. The van der Waals surface area contributed by atoms with Crippen molar-refractivity contribution in [3.05, 3.63) is 22.1 Å². The zero-order valence-corrected chi connectivity index (χ0v) is 16.8. The number of carbonyl (C=O) groups excluding carboxylic acids is 2. The van der Waals surface area contributed by atoms with Crippen molar-refractivity contribution in [2.75, 3.05) is 0 Å². The molecule has 0 aromatic carbocycles. The number of Topliss-reactive ketones (excluding diaryl/α,β-unsaturated/α-hetero) is 1. The monoisotopic (exact) mass is 387 g/mol. The number of aliphatic hydroxyl groups is 2. The predicted octanol–water partition coefficient (Wildman–Crippen LogP) is 3.10. The van der Waals surface area contributed by atoms with Gasteiger partial charge in [-0.05, 0) is 79.4 Å². The Morgan fingerprint density at radius 2 is 1.93 bits per heavy atom. The smallest absolute Gasteiger partial charge is 0.161 e. The third kappa shape index (κ3) is 2.27. The number of aliphatic hydroxyl groups excluding tert-OH is 1. The largest absolute Gasteiger partial charge is 0.388 e. The Morgan fingerprint density at radius 1 is 1.25 bits per heavy atom. The first-order valence-electron chi connectivity index (χ1n) is 10.3. The number of fused-ring (bicyclic) bond motifs is 5. The van der Waals surface area contributed by atoms with E-state index in [2.05, 4.69) is 16.9 Å². The molecule has 3 fully saturated rings. The average molecular weight is 387 g/mol. The Balaban J connectivity index is 1.85. The van der Waals surface area contributed by atoms with Crippen LogP contribution in [0.25, 0.3) is 10.4 Å². The minimum Gasteiger partial charge on any atom is -0.388 e. The molecular weight excluding hydrogens is 358 g/mol. The average Bonchev–Trinajstić information content (AvgIpc) is 2.92. The van der Waals surface area contributed by atoms with Crippen molar-refractivity contribution in [3.8, 4) is 0 Å². The predicted molar refractivity (Wildman–Crippen MR) is 102 cm³/mol. The summed E-state index contributed by atoms with van der Waals surface area (Å²) in [4.78, 5) is 27.4. The molecule has 7 heteroatoms. The Bertz CT molecular complexity index is 818. The van der Waals surface area contributed by atoms with Gasteiger partial charge in [-0.1, -0.05) is 19.0 Å². The van der Waals surface area contributed by atoms with E-state index in [0.29, 0.717) is 37.7 Å². The molecule has 4 rings (SSSR count). The molecule has 2 N–H and O–H groups in total. The highest BCUT2D eigenvalue weighted by molar-refractivity contribution is 5.92. The van der Waals surface area contributed by atoms with E-state index in [1.165, 1.54) is 6.92 Å². The zero-order chi connectivity index (χ0) is 20.5. The van der Waals surface area contributed by atoms with E-state index in [1.807, 2.05) is 6.92 Å². The Labute approximate surface area is 164 Å². The highest BCUT2D eigenvalue weighted by atomic mass is 16.3. The lowest BCUT2D eigenvalue weighted by Gasteiger charge is -2.61. The summed E-state index contributed by atoms with van der Waals surface area (Å²) < 4.78 is 0. The van der Waals surface area contributed by atoms with Gasteiger partial charge in [-0.25, -0.2) is 0 Å². The molecule has 4 aliphatic rings. The van der Waals surface area contributed by atoms with Gasteiger partial charge in [-0.3, -0.25) is 9.59 Å². The van der Waals surface area contributed by atoms with Gasteiger partial charge < -0.3 is 10.2 Å². The second kappa shape index (κ2) is 6.15. The minimum atomic E-state index is -1.37. The first kappa shape index (κ1) is 19.6. The third-order valence-electron chi connectivity index (χ3n) is 8.97. The van der Waals surface area contributed by atoms with Crippen molar-refractivity contribution < 1.29 is 19.8 Å². The fourth-order valence-corrected chi connectivity index (χ4v) is 7.36. The maximum absolute atomic E-state index is 12.4. The van der Waals surface area contributed by atoms with E-state index in [1.54, 1.807) is 6.08 Å². The fourth-order valence-electron chi connectivity index (χ4n) is 7.36. The number of azide groups is 1. The summed E-state index contributed by atoms with van der Waals surface area (Å²) >= 11 is 0. The van der Waals surface area contributed by atoms with E-state index >= 15 is 0 Å². The summed E-state index contributed by atoms with van der Waals surface area (Å²) in [6, 6.07) is -0.681. The summed E-state index contributed by atoms with van der Waals surface area (Å²) in [6.45, 7) is 5.56.